The van der Waals surface area contributed by atoms with Crippen LogP contribution in [-0.2, 0) is 4.79 Å². The zero-order valence-corrected chi connectivity index (χ0v) is 10.4. The van der Waals surface area contributed by atoms with E-state index in [0.717, 1.165) is 32.2 Å². The van der Waals surface area contributed by atoms with Crippen LogP contribution in [0.15, 0.2) is 0 Å². The van der Waals surface area contributed by atoms with Crippen LogP contribution in [0.4, 0.5) is 0 Å². The molecule has 1 aliphatic rings. The standard InChI is InChI=1S/C12H24N2O2/c1-13-12(16)7-8-14(2)11-5-3-10(9-15)4-6-11/h10-11,15H,3-9H2,1-2H3,(H,13,16). The van der Waals surface area contributed by atoms with E-state index < -0.39 is 0 Å². The summed E-state index contributed by atoms with van der Waals surface area (Å²) in [6, 6.07) is 0.590. The molecule has 1 saturated carbocycles. The Morgan fingerprint density at radius 2 is 2.00 bits per heavy atom. The molecule has 2 N–H and O–H groups in total. The zero-order valence-electron chi connectivity index (χ0n) is 10.4. The van der Waals surface area contributed by atoms with Crippen LogP contribution in [-0.4, -0.2) is 49.2 Å². The smallest absolute Gasteiger partial charge is 0.221 e. The number of aliphatic hydroxyl groups excluding tert-OH is 1. The van der Waals surface area contributed by atoms with Crippen molar-refractivity contribution in [3.05, 3.63) is 0 Å². The predicted molar refractivity (Wildman–Crippen MR) is 64.1 cm³/mol. The largest absolute Gasteiger partial charge is 0.396 e. The molecule has 16 heavy (non-hydrogen) atoms. The van der Waals surface area contributed by atoms with Gasteiger partial charge >= 0.3 is 0 Å². The molecule has 4 nitrogen and oxygen atoms in total. The Labute approximate surface area is 98.0 Å². The summed E-state index contributed by atoms with van der Waals surface area (Å²) in [5.74, 6) is 0.611. The van der Waals surface area contributed by atoms with E-state index in [1.54, 1.807) is 7.05 Å². The fraction of sp³-hybridized carbons (Fsp3) is 0.917. The number of carbonyl (C=O) groups excluding carboxylic acids is 1. The van der Waals surface area contributed by atoms with Crippen molar-refractivity contribution in [1.29, 1.82) is 0 Å². The monoisotopic (exact) mass is 228 g/mol. The molecule has 1 amide bonds. The molecular weight excluding hydrogens is 204 g/mol. The number of carbonyl (C=O) groups is 1. The first-order chi connectivity index (χ1) is 7.67. The highest BCUT2D eigenvalue weighted by atomic mass is 16.3. The second-order valence-electron chi connectivity index (χ2n) is 4.76. The van der Waals surface area contributed by atoms with Crippen LogP contribution < -0.4 is 5.32 Å². The van der Waals surface area contributed by atoms with Crippen LogP contribution in [0.1, 0.15) is 32.1 Å². The number of nitrogens with one attached hydrogen (secondary N) is 1. The Hall–Kier alpha value is -0.610. The first-order valence-electron chi connectivity index (χ1n) is 6.19. The van der Waals surface area contributed by atoms with Crippen LogP contribution in [0.25, 0.3) is 0 Å². The van der Waals surface area contributed by atoms with E-state index in [1.165, 1.54) is 0 Å². The molecule has 0 atom stereocenters. The van der Waals surface area contributed by atoms with Gasteiger partial charge in [0.2, 0.25) is 5.91 Å². The van der Waals surface area contributed by atoms with Gasteiger partial charge in [-0.25, -0.2) is 0 Å². The summed E-state index contributed by atoms with van der Waals surface area (Å²) in [6.07, 6.45) is 5.11. The van der Waals surface area contributed by atoms with Gasteiger partial charge in [-0.1, -0.05) is 0 Å². The lowest BCUT2D eigenvalue weighted by atomic mass is 9.86. The average molecular weight is 228 g/mol. The molecule has 4 heteroatoms. The number of rotatable bonds is 5. The third-order valence-electron chi connectivity index (χ3n) is 3.67. The first kappa shape index (κ1) is 13.5. The van der Waals surface area contributed by atoms with Gasteiger partial charge in [0.05, 0.1) is 0 Å². The molecule has 0 aromatic rings. The minimum absolute atomic E-state index is 0.107. The first-order valence-corrected chi connectivity index (χ1v) is 6.19. The fourth-order valence-electron chi connectivity index (χ4n) is 2.35. The Morgan fingerprint density at radius 1 is 1.38 bits per heavy atom. The fourth-order valence-corrected chi connectivity index (χ4v) is 2.35. The highest BCUT2D eigenvalue weighted by molar-refractivity contribution is 5.75. The summed E-state index contributed by atoms with van der Waals surface area (Å²) in [5.41, 5.74) is 0. The molecule has 0 unspecified atom stereocenters. The summed E-state index contributed by atoms with van der Waals surface area (Å²) in [5, 5.41) is 11.7. The summed E-state index contributed by atoms with van der Waals surface area (Å²) in [7, 11) is 3.77. The lowest BCUT2D eigenvalue weighted by molar-refractivity contribution is -0.121. The van der Waals surface area contributed by atoms with E-state index >= 15 is 0 Å². The SMILES string of the molecule is CNC(=O)CCN(C)C1CCC(CO)CC1. The molecule has 0 aromatic heterocycles. The number of nitrogens with zero attached hydrogens (tertiary/aromatic N) is 1. The Balaban J connectivity index is 2.22. The van der Waals surface area contributed by atoms with Crippen molar-refractivity contribution in [2.45, 2.75) is 38.1 Å². The van der Waals surface area contributed by atoms with Gasteiger partial charge < -0.3 is 15.3 Å². The van der Waals surface area contributed by atoms with Crippen molar-refractivity contribution in [3.8, 4) is 0 Å². The van der Waals surface area contributed by atoms with Gasteiger partial charge in [-0.15, -0.1) is 0 Å². The van der Waals surface area contributed by atoms with Crippen LogP contribution in [0.5, 0.6) is 0 Å². The van der Waals surface area contributed by atoms with Gasteiger partial charge in [-0.05, 0) is 38.6 Å². The van der Waals surface area contributed by atoms with E-state index in [1.807, 2.05) is 0 Å². The quantitative estimate of drug-likeness (QED) is 0.725. The van der Waals surface area contributed by atoms with Crippen LogP contribution >= 0.6 is 0 Å². The molecule has 0 saturated heterocycles. The van der Waals surface area contributed by atoms with Crippen molar-refractivity contribution < 1.29 is 9.90 Å². The minimum atomic E-state index is 0.107. The lowest BCUT2D eigenvalue weighted by Crippen LogP contribution is -2.37. The summed E-state index contributed by atoms with van der Waals surface area (Å²) in [6.45, 7) is 1.16. The molecule has 1 aliphatic carbocycles. The number of amides is 1. The average Bonchev–Trinajstić information content (AvgIpc) is 2.35. The van der Waals surface area contributed by atoms with E-state index in [2.05, 4.69) is 17.3 Å². The van der Waals surface area contributed by atoms with Gasteiger partial charge in [0, 0.05) is 32.7 Å². The molecule has 0 aliphatic heterocycles. The van der Waals surface area contributed by atoms with Crippen molar-refractivity contribution in [2.24, 2.45) is 5.92 Å². The van der Waals surface area contributed by atoms with Gasteiger partial charge in [0.25, 0.3) is 0 Å². The highest BCUT2D eigenvalue weighted by Gasteiger charge is 2.23. The van der Waals surface area contributed by atoms with Gasteiger partial charge in [-0.2, -0.15) is 0 Å². The van der Waals surface area contributed by atoms with E-state index in [4.69, 9.17) is 5.11 Å². The number of hydrogen-bond donors (Lipinski definition) is 2. The maximum absolute atomic E-state index is 11.1. The van der Waals surface area contributed by atoms with Crippen LogP contribution in [0, 0.1) is 5.92 Å². The molecule has 0 aromatic carbocycles. The van der Waals surface area contributed by atoms with Crippen LogP contribution in [0.3, 0.4) is 0 Å². The molecule has 0 heterocycles. The van der Waals surface area contributed by atoms with Gasteiger partial charge in [0.1, 0.15) is 0 Å². The second-order valence-corrected chi connectivity index (χ2v) is 4.76. The van der Waals surface area contributed by atoms with Crippen molar-refractivity contribution in [3.63, 3.8) is 0 Å². The van der Waals surface area contributed by atoms with E-state index in [9.17, 15) is 4.79 Å². The van der Waals surface area contributed by atoms with Crippen LogP contribution in [0.2, 0.25) is 0 Å². The minimum Gasteiger partial charge on any atom is -0.396 e. The third kappa shape index (κ3) is 4.10. The molecular formula is C12H24N2O2. The third-order valence-corrected chi connectivity index (χ3v) is 3.67. The predicted octanol–water partition coefficient (Wildman–Crippen LogP) is 0.605. The molecule has 94 valence electrons. The lowest BCUT2D eigenvalue weighted by Gasteiger charge is -2.34. The van der Waals surface area contributed by atoms with Gasteiger partial charge in [-0.3, -0.25) is 4.79 Å². The van der Waals surface area contributed by atoms with Gasteiger partial charge in [0.15, 0.2) is 0 Å². The topological polar surface area (TPSA) is 52.6 Å². The number of hydrogen-bond acceptors (Lipinski definition) is 3. The molecule has 0 bridgehead atoms. The summed E-state index contributed by atoms with van der Waals surface area (Å²) in [4.78, 5) is 13.4. The molecule has 1 fully saturated rings. The normalized spacial score (nSPS) is 25.8. The molecule has 0 radical (unpaired) electrons. The van der Waals surface area contributed by atoms with Crippen molar-refractivity contribution in [2.75, 3.05) is 27.2 Å². The Kier molecular flexibility index (Phi) is 5.77. The molecule has 0 spiro atoms. The van der Waals surface area contributed by atoms with E-state index in [-0.39, 0.29) is 5.91 Å². The van der Waals surface area contributed by atoms with E-state index in [0.29, 0.717) is 25.0 Å². The Morgan fingerprint density at radius 3 is 2.50 bits per heavy atom. The molecule has 1 rings (SSSR count). The maximum atomic E-state index is 11.1. The van der Waals surface area contributed by atoms with Crippen molar-refractivity contribution in [1.82, 2.24) is 10.2 Å². The number of aliphatic hydroxyl groups is 1. The highest BCUT2D eigenvalue weighted by Crippen LogP contribution is 2.26. The maximum Gasteiger partial charge on any atom is 0.221 e. The second kappa shape index (κ2) is 6.86. The zero-order chi connectivity index (χ0) is 12.0. The van der Waals surface area contributed by atoms with Crippen molar-refractivity contribution >= 4 is 5.91 Å². The summed E-state index contributed by atoms with van der Waals surface area (Å²) < 4.78 is 0. The Bertz CT molecular complexity index is 213. The summed E-state index contributed by atoms with van der Waals surface area (Å²) >= 11 is 0.